The van der Waals surface area contributed by atoms with Gasteiger partial charge in [0.25, 0.3) is 0 Å². The van der Waals surface area contributed by atoms with Crippen molar-refractivity contribution >= 4 is 15.8 Å². The maximum absolute atomic E-state index is 12.2. The van der Waals surface area contributed by atoms with E-state index in [0.29, 0.717) is 30.4 Å². The summed E-state index contributed by atoms with van der Waals surface area (Å²) in [4.78, 5) is 4.52. The van der Waals surface area contributed by atoms with Gasteiger partial charge in [-0.1, -0.05) is 39.0 Å². The van der Waals surface area contributed by atoms with Crippen LogP contribution in [0.3, 0.4) is 0 Å². The van der Waals surface area contributed by atoms with Crippen LogP contribution in [0.4, 0.5) is 0 Å². The molecule has 1 aromatic carbocycles. The van der Waals surface area contributed by atoms with Gasteiger partial charge in [0.1, 0.15) is 0 Å². The zero-order valence-corrected chi connectivity index (χ0v) is 16.7. The number of ether oxygens (including phenoxy) is 1. The standard InChI is InChI=1S/C18H31N3O3S/c1-18(2,3)16(24-5)14-21-17(19-4)20-12-9-13-25(22,23)15-10-7-6-8-11-15/h6-8,10-11,16H,9,12-14H2,1-5H3,(H2,19,20,21). The van der Waals surface area contributed by atoms with Gasteiger partial charge in [-0.3, -0.25) is 4.99 Å². The topological polar surface area (TPSA) is 79.8 Å². The Bertz CT molecular complexity index is 637. The molecule has 0 fully saturated rings. The molecule has 7 heteroatoms. The summed E-state index contributed by atoms with van der Waals surface area (Å²) in [5.41, 5.74) is 0.0182. The van der Waals surface area contributed by atoms with Gasteiger partial charge in [-0.15, -0.1) is 0 Å². The van der Waals surface area contributed by atoms with Crippen molar-refractivity contribution in [3.8, 4) is 0 Å². The number of sulfone groups is 1. The van der Waals surface area contributed by atoms with Crippen LogP contribution in [-0.2, 0) is 14.6 Å². The Morgan fingerprint density at radius 3 is 2.36 bits per heavy atom. The van der Waals surface area contributed by atoms with Crippen molar-refractivity contribution in [1.29, 1.82) is 0 Å². The SMILES string of the molecule is CN=C(NCCCS(=O)(=O)c1ccccc1)NCC(OC)C(C)(C)C. The van der Waals surface area contributed by atoms with E-state index in [9.17, 15) is 8.42 Å². The summed E-state index contributed by atoms with van der Waals surface area (Å²) >= 11 is 0. The fourth-order valence-corrected chi connectivity index (χ4v) is 3.70. The van der Waals surface area contributed by atoms with E-state index in [1.165, 1.54) is 0 Å². The zero-order chi connectivity index (χ0) is 18.9. The molecule has 0 radical (unpaired) electrons. The Morgan fingerprint density at radius 2 is 1.84 bits per heavy atom. The highest BCUT2D eigenvalue weighted by Crippen LogP contribution is 2.20. The highest BCUT2D eigenvalue weighted by molar-refractivity contribution is 7.91. The first-order chi connectivity index (χ1) is 11.7. The smallest absolute Gasteiger partial charge is 0.191 e. The first-order valence-corrected chi connectivity index (χ1v) is 10.1. The Balaban J connectivity index is 2.41. The molecule has 142 valence electrons. The summed E-state index contributed by atoms with van der Waals surface area (Å²) in [6, 6.07) is 8.53. The fourth-order valence-electron chi connectivity index (χ4n) is 2.37. The Morgan fingerprint density at radius 1 is 1.20 bits per heavy atom. The van der Waals surface area contributed by atoms with E-state index in [4.69, 9.17) is 4.74 Å². The van der Waals surface area contributed by atoms with Crippen molar-refractivity contribution in [2.75, 3.05) is 33.0 Å². The second kappa shape index (κ2) is 9.77. The molecule has 6 nitrogen and oxygen atoms in total. The fraction of sp³-hybridized carbons (Fsp3) is 0.611. The molecular weight excluding hydrogens is 338 g/mol. The number of guanidine groups is 1. The zero-order valence-electron chi connectivity index (χ0n) is 15.9. The number of aliphatic imine (C=N–C) groups is 1. The van der Waals surface area contributed by atoms with E-state index in [2.05, 4.69) is 36.4 Å². The molecule has 0 spiro atoms. The summed E-state index contributed by atoms with van der Waals surface area (Å²) in [7, 11) is 0.152. The minimum Gasteiger partial charge on any atom is -0.379 e. The maximum Gasteiger partial charge on any atom is 0.191 e. The van der Waals surface area contributed by atoms with Crippen LogP contribution in [0.15, 0.2) is 40.2 Å². The normalized spacial score (nSPS) is 14.2. The summed E-state index contributed by atoms with van der Waals surface area (Å²) in [6.07, 6.45) is 0.551. The highest BCUT2D eigenvalue weighted by atomic mass is 32.2. The van der Waals surface area contributed by atoms with Gasteiger partial charge in [0, 0.05) is 27.2 Å². The molecule has 0 heterocycles. The summed E-state index contributed by atoms with van der Waals surface area (Å²) in [5.74, 6) is 0.743. The Labute approximate surface area is 152 Å². The molecule has 0 amide bonds. The molecule has 0 aliphatic heterocycles. The lowest BCUT2D eigenvalue weighted by atomic mass is 9.89. The van der Waals surface area contributed by atoms with E-state index >= 15 is 0 Å². The van der Waals surface area contributed by atoms with Crippen LogP contribution in [0.25, 0.3) is 0 Å². The van der Waals surface area contributed by atoms with Gasteiger partial charge in [-0.05, 0) is 24.0 Å². The molecule has 0 bridgehead atoms. The first kappa shape index (κ1) is 21.4. The van der Waals surface area contributed by atoms with Crippen LogP contribution in [0, 0.1) is 5.41 Å². The Kier molecular flexibility index (Phi) is 8.38. The molecule has 1 unspecified atom stereocenters. The van der Waals surface area contributed by atoms with E-state index < -0.39 is 9.84 Å². The lowest BCUT2D eigenvalue weighted by molar-refractivity contribution is 0.0205. The van der Waals surface area contributed by atoms with Gasteiger partial charge < -0.3 is 15.4 Å². The molecular formula is C18H31N3O3S. The number of hydrogen-bond donors (Lipinski definition) is 2. The van der Waals surface area contributed by atoms with Gasteiger partial charge in [-0.25, -0.2) is 8.42 Å². The van der Waals surface area contributed by atoms with Gasteiger partial charge in [0.15, 0.2) is 15.8 Å². The molecule has 0 aromatic heterocycles. The van der Waals surface area contributed by atoms with Crippen molar-refractivity contribution in [1.82, 2.24) is 10.6 Å². The van der Waals surface area contributed by atoms with Gasteiger partial charge in [-0.2, -0.15) is 0 Å². The van der Waals surface area contributed by atoms with Crippen molar-refractivity contribution in [2.24, 2.45) is 10.4 Å². The predicted octanol–water partition coefficient (Wildman–Crippen LogP) is 2.08. The molecule has 0 saturated heterocycles. The average Bonchev–Trinajstić information content (AvgIpc) is 2.56. The second-order valence-corrected chi connectivity index (χ2v) is 9.06. The number of nitrogens with zero attached hydrogens (tertiary/aromatic N) is 1. The van der Waals surface area contributed by atoms with Crippen LogP contribution >= 0.6 is 0 Å². The number of benzene rings is 1. The third kappa shape index (κ3) is 7.44. The van der Waals surface area contributed by atoms with Crippen molar-refractivity contribution in [3.05, 3.63) is 30.3 Å². The quantitative estimate of drug-likeness (QED) is 0.417. The third-order valence-corrected chi connectivity index (χ3v) is 5.73. The molecule has 0 aliphatic carbocycles. The van der Waals surface area contributed by atoms with Crippen LogP contribution in [0.2, 0.25) is 0 Å². The lowest BCUT2D eigenvalue weighted by Gasteiger charge is -2.30. The monoisotopic (exact) mass is 369 g/mol. The summed E-state index contributed by atoms with van der Waals surface area (Å²) < 4.78 is 29.9. The number of methoxy groups -OCH3 is 1. The molecule has 0 saturated carbocycles. The van der Waals surface area contributed by atoms with Crippen LogP contribution in [-0.4, -0.2) is 53.5 Å². The van der Waals surface area contributed by atoms with E-state index in [-0.39, 0.29) is 17.3 Å². The number of hydrogen-bond acceptors (Lipinski definition) is 4. The minimum atomic E-state index is -3.23. The highest BCUT2D eigenvalue weighted by Gasteiger charge is 2.24. The van der Waals surface area contributed by atoms with E-state index in [0.717, 1.165) is 0 Å². The maximum atomic E-state index is 12.2. The van der Waals surface area contributed by atoms with Crippen LogP contribution in [0.5, 0.6) is 0 Å². The molecule has 25 heavy (non-hydrogen) atoms. The van der Waals surface area contributed by atoms with Crippen molar-refractivity contribution in [2.45, 2.75) is 38.2 Å². The molecule has 2 N–H and O–H groups in total. The van der Waals surface area contributed by atoms with Crippen molar-refractivity contribution in [3.63, 3.8) is 0 Å². The van der Waals surface area contributed by atoms with E-state index in [1.807, 2.05) is 0 Å². The molecule has 0 aliphatic rings. The third-order valence-electron chi connectivity index (χ3n) is 3.91. The molecule has 1 rings (SSSR count). The lowest BCUT2D eigenvalue weighted by Crippen LogP contribution is -2.45. The van der Waals surface area contributed by atoms with E-state index in [1.54, 1.807) is 44.5 Å². The minimum absolute atomic E-state index is 0.0182. The van der Waals surface area contributed by atoms with Gasteiger partial charge >= 0.3 is 0 Å². The molecule has 1 atom stereocenters. The van der Waals surface area contributed by atoms with Crippen LogP contribution in [0.1, 0.15) is 27.2 Å². The van der Waals surface area contributed by atoms with Crippen molar-refractivity contribution < 1.29 is 13.2 Å². The second-order valence-electron chi connectivity index (χ2n) is 6.96. The first-order valence-electron chi connectivity index (χ1n) is 8.46. The van der Waals surface area contributed by atoms with Gasteiger partial charge in [0.05, 0.1) is 16.8 Å². The van der Waals surface area contributed by atoms with Gasteiger partial charge in [0.2, 0.25) is 0 Å². The largest absolute Gasteiger partial charge is 0.379 e. The molecule has 1 aromatic rings. The average molecular weight is 370 g/mol. The summed E-state index contributed by atoms with van der Waals surface area (Å²) in [5, 5.41) is 6.36. The predicted molar refractivity (Wildman–Crippen MR) is 103 cm³/mol. The Hall–Kier alpha value is -1.60. The summed E-state index contributed by atoms with van der Waals surface area (Å²) in [6.45, 7) is 7.51. The number of nitrogens with one attached hydrogen (secondary N) is 2. The number of rotatable bonds is 8. The van der Waals surface area contributed by atoms with Crippen LogP contribution < -0.4 is 10.6 Å².